The van der Waals surface area contributed by atoms with Crippen molar-refractivity contribution < 1.29 is 0 Å². The van der Waals surface area contributed by atoms with Gasteiger partial charge in [-0.1, -0.05) is 17.7 Å². The molecule has 94 valence electrons. The van der Waals surface area contributed by atoms with Gasteiger partial charge in [0.15, 0.2) is 0 Å². The van der Waals surface area contributed by atoms with Crippen molar-refractivity contribution in [1.29, 1.82) is 0 Å². The van der Waals surface area contributed by atoms with Crippen LogP contribution in [0.15, 0.2) is 40.2 Å². The first-order valence-corrected chi connectivity index (χ1v) is 6.40. The molecule has 1 aromatic heterocycles. The summed E-state index contributed by atoms with van der Waals surface area (Å²) in [7, 11) is 0. The minimum atomic E-state index is -0.434. The minimum Gasteiger partial charge on any atom is -0.326 e. The number of allylic oxidation sites excluding steroid dienone is 2. The van der Waals surface area contributed by atoms with Crippen LogP contribution in [-0.2, 0) is 12.0 Å². The summed E-state index contributed by atoms with van der Waals surface area (Å²) in [5, 5.41) is 0. The number of fused-ring (bicyclic) bond motifs is 4. The number of hydrogen-bond acceptors (Lipinski definition) is 2. The Morgan fingerprint density at radius 2 is 2.28 bits per heavy atom. The van der Waals surface area contributed by atoms with Gasteiger partial charge in [0, 0.05) is 17.7 Å². The third kappa shape index (κ3) is 1.44. The number of nitrogens with one attached hydrogen (secondary N) is 1. The summed E-state index contributed by atoms with van der Waals surface area (Å²) in [5.41, 5.74) is 10.9. The van der Waals surface area contributed by atoms with E-state index in [9.17, 15) is 4.79 Å². The van der Waals surface area contributed by atoms with Gasteiger partial charge in [0.05, 0.1) is 5.54 Å². The maximum atomic E-state index is 11.5. The molecule has 3 rings (SSSR count). The molecular formula is C15H18N2O. The Bertz CT molecular complexity index is 624. The van der Waals surface area contributed by atoms with Gasteiger partial charge in [-0.3, -0.25) is 4.79 Å². The first-order chi connectivity index (χ1) is 8.54. The van der Waals surface area contributed by atoms with E-state index in [0.29, 0.717) is 5.92 Å². The molecule has 0 aliphatic heterocycles. The molecule has 0 unspecified atom stereocenters. The van der Waals surface area contributed by atoms with Gasteiger partial charge < -0.3 is 10.7 Å². The third-order valence-electron chi connectivity index (χ3n) is 4.17. The fourth-order valence-electron chi connectivity index (χ4n) is 3.57. The predicted molar refractivity (Wildman–Crippen MR) is 72.3 cm³/mol. The Morgan fingerprint density at radius 1 is 1.50 bits per heavy atom. The van der Waals surface area contributed by atoms with E-state index < -0.39 is 5.54 Å². The van der Waals surface area contributed by atoms with Crippen LogP contribution in [0.25, 0.3) is 0 Å². The van der Waals surface area contributed by atoms with Crippen LogP contribution in [0.4, 0.5) is 0 Å². The van der Waals surface area contributed by atoms with Crippen molar-refractivity contribution in [3.05, 3.63) is 57.0 Å². The van der Waals surface area contributed by atoms with Crippen molar-refractivity contribution >= 4 is 0 Å². The van der Waals surface area contributed by atoms with Crippen LogP contribution in [0.1, 0.15) is 31.5 Å². The van der Waals surface area contributed by atoms with Gasteiger partial charge >= 0.3 is 0 Å². The molecule has 0 fully saturated rings. The molecule has 2 atom stereocenters. The zero-order valence-electron chi connectivity index (χ0n) is 10.8. The number of rotatable bonds is 0. The van der Waals surface area contributed by atoms with Crippen LogP contribution >= 0.6 is 0 Å². The smallest absolute Gasteiger partial charge is 0.248 e. The Balaban J connectivity index is 2.28. The number of aromatic nitrogens is 1. The molecule has 18 heavy (non-hydrogen) atoms. The first kappa shape index (κ1) is 11.5. The molecule has 0 aromatic carbocycles. The number of nitrogens with two attached hydrogens (primary N) is 1. The number of H-pyrrole nitrogens is 1. The molecule has 0 amide bonds. The van der Waals surface area contributed by atoms with Gasteiger partial charge in [-0.25, -0.2) is 0 Å². The van der Waals surface area contributed by atoms with Crippen molar-refractivity contribution in [2.45, 2.75) is 32.2 Å². The fraction of sp³-hybridized carbons (Fsp3) is 0.400. The Morgan fingerprint density at radius 3 is 3.00 bits per heavy atom. The van der Waals surface area contributed by atoms with Crippen molar-refractivity contribution in [2.24, 2.45) is 11.7 Å². The van der Waals surface area contributed by atoms with E-state index >= 15 is 0 Å². The lowest BCUT2D eigenvalue weighted by atomic mass is 9.63. The largest absolute Gasteiger partial charge is 0.326 e. The fourth-order valence-corrected chi connectivity index (χ4v) is 3.57. The molecule has 0 saturated heterocycles. The summed E-state index contributed by atoms with van der Waals surface area (Å²) in [6, 6.07) is 3.47. The highest BCUT2D eigenvalue weighted by Crippen LogP contribution is 2.47. The van der Waals surface area contributed by atoms with Crippen LogP contribution in [0.5, 0.6) is 0 Å². The average Bonchev–Trinajstić information content (AvgIpc) is 2.26. The second-order valence-electron chi connectivity index (χ2n) is 5.43. The van der Waals surface area contributed by atoms with Crippen molar-refractivity contribution in [3.63, 3.8) is 0 Å². The molecule has 0 radical (unpaired) electrons. The van der Waals surface area contributed by atoms with E-state index in [1.54, 1.807) is 6.07 Å². The summed E-state index contributed by atoms with van der Waals surface area (Å²) < 4.78 is 0. The Kier molecular flexibility index (Phi) is 2.35. The van der Waals surface area contributed by atoms with E-state index in [4.69, 9.17) is 5.73 Å². The van der Waals surface area contributed by atoms with Gasteiger partial charge in [-0.05, 0) is 43.9 Å². The molecule has 0 saturated carbocycles. The van der Waals surface area contributed by atoms with Gasteiger partial charge in [0.25, 0.3) is 0 Å². The molecule has 3 heteroatoms. The van der Waals surface area contributed by atoms with Crippen molar-refractivity contribution in [2.75, 3.05) is 0 Å². The lowest BCUT2D eigenvalue weighted by Gasteiger charge is -2.45. The van der Waals surface area contributed by atoms with Crippen molar-refractivity contribution in [3.8, 4) is 0 Å². The highest BCUT2D eigenvalue weighted by atomic mass is 16.1. The second kappa shape index (κ2) is 3.69. The molecule has 1 aromatic rings. The molecule has 3 N–H and O–H groups in total. The highest BCUT2D eigenvalue weighted by Gasteiger charge is 2.43. The van der Waals surface area contributed by atoms with Gasteiger partial charge in [-0.2, -0.15) is 0 Å². The Hall–Kier alpha value is -1.61. The number of pyridine rings is 1. The summed E-state index contributed by atoms with van der Waals surface area (Å²) in [4.78, 5) is 14.4. The van der Waals surface area contributed by atoms with E-state index in [-0.39, 0.29) is 5.56 Å². The SMILES string of the molecule is C/C=C1/[C@H]2C=C(C)C[C@@]1(N)c1ccc(=O)[nH]c1C2. The molecule has 2 aliphatic carbocycles. The molecule has 2 aliphatic rings. The highest BCUT2D eigenvalue weighted by molar-refractivity contribution is 5.48. The maximum Gasteiger partial charge on any atom is 0.248 e. The first-order valence-electron chi connectivity index (χ1n) is 6.40. The van der Waals surface area contributed by atoms with Crippen LogP contribution in [-0.4, -0.2) is 4.98 Å². The van der Waals surface area contributed by atoms with Gasteiger partial charge in [-0.15, -0.1) is 0 Å². The quantitative estimate of drug-likeness (QED) is 0.684. The molecule has 0 spiro atoms. The van der Waals surface area contributed by atoms with Gasteiger partial charge in [0.1, 0.15) is 0 Å². The monoisotopic (exact) mass is 242 g/mol. The lowest BCUT2D eigenvalue weighted by molar-refractivity contribution is 0.409. The molecular weight excluding hydrogens is 224 g/mol. The molecule has 3 nitrogen and oxygen atoms in total. The normalized spacial score (nSPS) is 32.1. The van der Waals surface area contributed by atoms with Crippen LogP contribution < -0.4 is 11.3 Å². The molecule has 2 bridgehead atoms. The standard InChI is InChI=1S/C15H18N2O/c1-3-11-10-6-9(2)8-15(11,16)12-4-5-14(18)17-13(12)7-10/h3-6,10H,7-8,16H2,1-2H3,(H,17,18)/b11-3-/t10-,15-/m0/s1. The van der Waals surface area contributed by atoms with Crippen molar-refractivity contribution in [1.82, 2.24) is 4.98 Å². The van der Waals surface area contributed by atoms with E-state index in [2.05, 4.69) is 31.0 Å². The summed E-state index contributed by atoms with van der Waals surface area (Å²) in [6.07, 6.45) is 6.11. The van der Waals surface area contributed by atoms with Gasteiger partial charge in [0.2, 0.25) is 5.56 Å². The Labute approximate surface area is 106 Å². The summed E-state index contributed by atoms with van der Waals surface area (Å²) >= 11 is 0. The van der Waals surface area contributed by atoms with Crippen LogP contribution in [0, 0.1) is 5.92 Å². The maximum absolute atomic E-state index is 11.5. The second-order valence-corrected chi connectivity index (χ2v) is 5.43. The number of hydrogen-bond donors (Lipinski definition) is 2. The summed E-state index contributed by atoms with van der Waals surface area (Å²) in [6.45, 7) is 4.19. The van der Waals surface area contributed by atoms with Crippen LogP contribution in [0.2, 0.25) is 0 Å². The summed E-state index contributed by atoms with van der Waals surface area (Å²) in [5.74, 6) is 0.333. The number of aromatic amines is 1. The minimum absolute atomic E-state index is 0.0416. The van der Waals surface area contributed by atoms with E-state index in [1.807, 2.05) is 6.07 Å². The van der Waals surface area contributed by atoms with Crippen LogP contribution in [0.3, 0.4) is 0 Å². The predicted octanol–water partition coefficient (Wildman–Crippen LogP) is 2.00. The lowest BCUT2D eigenvalue weighted by Crippen LogP contribution is -2.48. The zero-order valence-corrected chi connectivity index (χ0v) is 10.8. The van der Waals surface area contributed by atoms with E-state index in [0.717, 1.165) is 24.1 Å². The average molecular weight is 242 g/mol. The zero-order chi connectivity index (χ0) is 12.9. The third-order valence-corrected chi connectivity index (χ3v) is 4.17. The molecule has 1 heterocycles. The topological polar surface area (TPSA) is 58.9 Å². The van der Waals surface area contributed by atoms with E-state index in [1.165, 1.54) is 11.1 Å².